The van der Waals surface area contributed by atoms with Crippen molar-refractivity contribution >= 4 is 17.7 Å². The Kier molecular flexibility index (Phi) is 3.36. The van der Waals surface area contributed by atoms with Crippen molar-refractivity contribution in [3.63, 3.8) is 0 Å². The van der Waals surface area contributed by atoms with E-state index in [0.717, 1.165) is 5.69 Å². The highest BCUT2D eigenvalue weighted by molar-refractivity contribution is 5.89. The van der Waals surface area contributed by atoms with Crippen LogP contribution in [-0.4, -0.2) is 48.3 Å². The molecule has 0 aliphatic carbocycles. The van der Waals surface area contributed by atoms with Crippen LogP contribution in [0.4, 0.5) is 10.5 Å². The van der Waals surface area contributed by atoms with Crippen molar-refractivity contribution in [2.75, 3.05) is 25.5 Å². The quantitative estimate of drug-likeness (QED) is 0.789. The van der Waals surface area contributed by atoms with Gasteiger partial charge in [0.05, 0.1) is 18.7 Å². The molecule has 1 aliphatic rings. The number of hydrogen-bond donors (Lipinski definition) is 2. The molecule has 2 N–H and O–H groups in total. The predicted molar refractivity (Wildman–Crippen MR) is 64.8 cm³/mol. The van der Waals surface area contributed by atoms with Gasteiger partial charge in [-0.15, -0.1) is 0 Å². The fourth-order valence-electron chi connectivity index (χ4n) is 1.78. The summed E-state index contributed by atoms with van der Waals surface area (Å²) in [5, 5.41) is 11.9. The molecule has 6 nitrogen and oxygen atoms in total. The van der Waals surface area contributed by atoms with E-state index in [-0.39, 0.29) is 12.0 Å². The Bertz CT molecular complexity index is 452. The highest BCUT2D eigenvalue weighted by atomic mass is 16.5. The molecule has 1 aromatic carbocycles. The third-order valence-corrected chi connectivity index (χ3v) is 2.83. The Morgan fingerprint density at radius 1 is 1.33 bits per heavy atom. The molecule has 0 aromatic heterocycles. The van der Waals surface area contributed by atoms with E-state index in [1.807, 2.05) is 0 Å². The molecule has 0 spiro atoms. The number of hydrogen-bond acceptors (Lipinski definition) is 4. The van der Waals surface area contributed by atoms with E-state index in [2.05, 4.69) is 10.1 Å². The molecule has 1 aliphatic heterocycles. The first kappa shape index (κ1) is 12.2. The number of rotatable bonds is 3. The van der Waals surface area contributed by atoms with Gasteiger partial charge in [0.25, 0.3) is 0 Å². The lowest BCUT2D eigenvalue weighted by molar-refractivity contribution is 0.0600. The lowest BCUT2D eigenvalue weighted by Gasteiger charge is -2.37. The number of benzene rings is 1. The average Bonchev–Trinajstić information content (AvgIpc) is 2.32. The van der Waals surface area contributed by atoms with E-state index in [1.165, 1.54) is 12.0 Å². The first-order valence-corrected chi connectivity index (χ1v) is 5.53. The smallest absolute Gasteiger partial charge is 0.407 e. The minimum absolute atomic E-state index is 0.130. The van der Waals surface area contributed by atoms with Crippen LogP contribution in [-0.2, 0) is 4.74 Å². The zero-order chi connectivity index (χ0) is 13.1. The third kappa shape index (κ3) is 2.53. The summed E-state index contributed by atoms with van der Waals surface area (Å²) >= 11 is 0. The first-order valence-electron chi connectivity index (χ1n) is 5.53. The van der Waals surface area contributed by atoms with Crippen LogP contribution in [0.25, 0.3) is 0 Å². The number of amides is 1. The summed E-state index contributed by atoms with van der Waals surface area (Å²) < 4.78 is 4.60. The van der Waals surface area contributed by atoms with Crippen LogP contribution < -0.4 is 5.32 Å². The summed E-state index contributed by atoms with van der Waals surface area (Å²) in [6.45, 7) is 0.960. The van der Waals surface area contributed by atoms with Gasteiger partial charge < -0.3 is 20.1 Å². The Balaban J connectivity index is 1.88. The molecule has 96 valence electrons. The van der Waals surface area contributed by atoms with Crippen LogP contribution in [0.2, 0.25) is 0 Å². The monoisotopic (exact) mass is 250 g/mol. The lowest BCUT2D eigenvalue weighted by atomic mass is 10.1. The number of nitrogens with one attached hydrogen (secondary N) is 1. The summed E-state index contributed by atoms with van der Waals surface area (Å²) in [7, 11) is 1.34. The van der Waals surface area contributed by atoms with Crippen molar-refractivity contribution in [1.29, 1.82) is 0 Å². The van der Waals surface area contributed by atoms with E-state index in [0.29, 0.717) is 18.7 Å². The van der Waals surface area contributed by atoms with E-state index in [9.17, 15) is 9.59 Å². The number of carbonyl (C=O) groups is 2. The maximum Gasteiger partial charge on any atom is 0.407 e. The molecule has 0 unspecified atom stereocenters. The lowest BCUT2D eigenvalue weighted by Crippen LogP contribution is -2.56. The molecule has 1 saturated heterocycles. The third-order valence-electron chi connectivity index (χ3n) is 2.83. The van der Waals surface area contributed by atoms with Crippen molar-refractivity contribution in [3.05, 3.63) is 29.8 Å². The zero-order valence-corrected chi connectivity index (χ0v) is 9.92. The van der Waals surface area contributed by atoms with E-state index >= 15 is 0 Å². The number of carboxylic acid groups (broad SMARTS) is 1. The molecule has 0 radical (unpaired) electrons. The highest BCUT2D eigenvalue weighted by Gasteiger charge is 2.30. The number of methoxy groups -OCH3 is 1. The minimum atomic E-state index is -0.894. The van der Waals surface area contributed by atoms with Gasteiger partial charge in [-0.2, -0.15) is 0 Å². The molecule has 1 aromatic rings. The normalized spacial score (nSPS) is 14.8. The zero-order valence-electron chi connectivity index (χ0n) is 9.92. The second-order valence-corrected chi connectivity index (χ2v) is 4.10. The number of nitrogens with zero attached hydrogens (tertiary/aromatic N) is 1. The van der Waals surface area contributed by atoms with Gasteiger partial charge in [0, 0.05) is 18.8 Å². The Hall–Kier alpha value is -2.24. The summed E-state index contributed by atoms with van der Waals surface area (Å²) in [6.07, 6.45) is -0.894. The van der Waals surface area contributed by atoms with Crippen LogP contribution in [0.3, 0.4) is 0 Å². The summed E-state index contributed by atoms with van der Waals surface area (Å²) in [5.41, 5.74) is 1.35. The number of carbonyl (C=O) groups excluding carboxylic acids is 1. The summed E-state index contributed by atoms with van der Waals surface area (Å²) in [6, 6.07) is 7.01. The number of anilines is 1. The van der Waals surface area contributed by atoms with Gasteiger partial charge in [0.2, 0.25) is 0 Å². The van der Waals surface area contributed by atoms with Crippen molar-refractivity contribution < 1.29 is 19.4 Å². The molecular formula is C12H14N2O4. The SMILES string of the molecule is COC(=O)c1ccc(NC2CN(C(=O)O)C2)cc1. The topological polar surface area (TPSA) is 78.9 Å². The van der Waals surface area contributed by atoms with Crippen LogP contribution in [0, 0.1) is 0 Å². The molecule has 1 fully saturated rings. The Morgan fingerprint density at radius 2 is 1.94 bits per heavy atom. The molecule has 1 amide bonds. The molecule has 2 rings (SSSR count). The largest absolute Gasteiger partial charge is 0.465 e. The number of likely N-dealkylation sites (tertiary alicyclic amines) is 1. The van der Waals surface area contributed by atoms with Gasteiger partial charge in [-0.3, -0.25) is 0 Å². The van der Waals surface area contributed by atoms with Gasteiger partial charge in [0.15, 0.2) is 0 Å². The summed E-state index contributed by atoms with van der Waals surface area (Å²) in [5.74, 6) is -0.373. The van der Waals surface area contributed by atoms with Gasteiger partial charge in [-0.25, -0.2) is 9.59 Å². The van der Waals surface area contributed by atoms with E-state index in [1.54, 1.807) is 24.3 Å². The van der Waals surface area contributed by atoms with E-state index in [4.69, 9.17) is 5.11 Å². The van der Waals surface area contributed by atoms with Gasteiger partial charge in [-0.05, 0) is 24.3 Å². The molecule has 0 atom stereocenters. The molecule has 0 bridgehead atoms. The van der Waals surface area contributed by atoms with Crippen molar-refractivity contribution in [3.8, 4) is 0 Å². The van der Waals surface area contributed by atoms with Gasteiger partial charge >= 0.3 is 12.1 Å². The molecule has 6 heteroatoms. The number of ether oxygens (including phenoxy) is 1. The van der Waals surface area contributed by atoms with Crippen LogP contribution >= 0.6 is 0 Å². The van der Waals surface area contributed by atoms with Crippen LogP contribution in [0.1, 0.15) is 10.4 Å². The van der Waals surface area contributed by atoms with Crippen LogP contribution in [0.15, 0.2) is 24.3 Å². The summed E-state index contributed by atoms with van der Waals surface area (Å²) in [4.78, 5) is 23.1. The molecular weight excluding hydrogens is 236 g/mol. The molecule has 1 heterocycles. The second kappa shape index (κ2) is 4.95. The standard InChI is InChI=1S/C12H14N2O4/c1-18-11(15)8-2-4-9(5-3-8)13-10-6-14(7-10)12(16)17/h2-5,10,13H,6-7H2,1H3,(H,16,17). The second-order valence-electron chi connectivity index (χ2n) is 4.10. The van der Waals surface area contributed by atoms with Crippen molar-refractivity contribution in [2.45, 2.75) is 6.04 Å². The van der Waals surface area contributed by atoms with Crippen molar-refractivity contribution in [1.82, 2.24) is 4.90 Å². The average molecular weight is 250 g/mol. The highest BCUT2D eigenvalue weighted by Crippen LogP contribution is 2.16. The minimum Gasteiger partial charge on any atom is -0.465 e. The maximum absolute atomic E-state index is 11.2. The van der Waals surface area contributed by atoms with Crippen molar-refractivity contribution in [2.24, 2.45) is 0 Å². The molecule has 18 heavy (non-hydrogen) atoms. The Morgan fingerprint density at radius 3 is 2.44 bits per heavy atom. The van der Waals surface area contributed by atoms with Crippen LogP contribution in [0.5, 0.6) is 0 Å². The predicted octanol–water partition coefficient (Wildman–Crippen LogP) is 1.25. The molecule has 0 saturated carbocycles. The van der Waals surface area contributed by atoms with Gasteiger partial charge in [0.1, 0.15) is 0 Å². The fourth-order valence-corrected chi connectivity index (χ4v) is 1.78. The first-order chi connectivity index (χ1) is 8.60. The number of esters is 1. The van der Waals surface area contributed by atoms with E-state index < -0.39 is 6.09 Å². The Labute approximate surface area is 104 Å². The fraction of sp³-hybridized carbons (Fsp3) is 0.333. The maximum atomic E-state index is 11.2. The van der Waals surface area contributed by atoms with Gasteiger partial charge in [-0.1, -0.05) is 0 Å².